The van der Waals surface area contributed by atoms with Gasteiger partial charge in [-0.05, 0) is 18.6 Å². The molecule has 22 heavy (non-hydrogen) atoms. The number of fused-ring (bicyclic) bond motifs is 3. The lowest BCUT2D eigenvalue weighted by molar-refractivity contribution is 0.0282. The Morgan fingerprint density at radius 2 is 1.59 bits per heavy atom. The molecular weight excluding hydrogens is 274 g/mol. The highest BCUT2D eigenvalue weighted by atomic mass is 16.5. The molecule has 3 heteroatoms. The first-order chi connectivity index (χ1) is 10.8. The summed E-state index contributed by atoms with van der Waals surface area (Å²) in [4.78, 5) is 0. The Bertz CT molecular complexity index is 694. The van der Waals surface area contributed by atoms with Crippen molar-refractivity contribution in [3.05, 3.63) is 48.5 Å². The number of hydrogen-bond donors (Lipinski definition) is 1. The van der Waals surface area contributed by atoms with E-state index in [1.807, 2.05) is 12.1 Å². The zero-order valence-corrected chi connectivity index (χ0v) is 13.0. The standard InChI is InChI=1S/C19H23NO2/c1-2-3-12-22-14-15(21)13-20-18-10-6-4-8-16(18)17-9-5-7-11-19(17)20/h4-11,15,21H,2-3,12-14H2,1H3/t15-/m1/s1. The fourth-order valence-electron chi connectivity index (χ4n) is 2.93. The van der Waals surface area contributed by atoms with Crippen LogP contribution in [0.25, 0.3) is 21.8 Å². The van der Waals surface area contributed by atoms with Gasteiger partial charge in [-0.3, -0.25) is 0 Å². The first-order valence-corrected chi connectivity index (χ1v) is 8.03. The molecule has 0 saturated carbocycles. The normalized spacial score (nSPS) is 13.0. The van der Waals surface area contributed by atoms with Gasteiger partial charge in [0.15, 0.2) is 0 Å². The molecule has 0 fully saturated rings. The second-order valence-electron chi connectivity index (χ2n) is 5.73. The van der Waals surface area contributed by atoms with Crippen molar-refractivity contribution < 1.29 is 9.84 Å². The highest BCUT2D eigenvalue weighted by Gasteiger charge is 2.13. The third kappa shape index (κ3) is 3.01. The number of rotatable bonds is 7. The van der Waals surface area contributed by atoms with Crippen LogP contribution >= 0.6 is 0 Å². The predicted molar refractivity (Wildman–Crippen MR) is 91.2 cm³/mol. The molecule has 3 rings (SSSR count). The summed E-state index contributed by atoms with van der Waals surface area (Å²) in [6.07, 6.45) is 1.67. The summed E-state index contributed by atoms with van der Waals surface area (Å²) in [5.74, 6) is 0. The Balaban J connectivity index is 1.85. The van der Waals surface area contributed by atoms with Crippen LogP contribution in [0.5, 0.6) is 0 Å². The van der Waals surface area contributed by atoms with E-state index in [1.165, 1.54) is 10.8 Å². The zero-order valence-electron chi connectivity index (χ0n) is 13.0. The minimum Gasteiger partial charge on any atom is -0.389 e. The van der Waals surface area contributed by atoms with Gasteiger partial charge < -0.3 is 14.4 Å². The molecule has 0 radical (unpaired) electrons. The quantitative estimate of drug-likeness (QED) is 0.670. The molecule has 0 bridgehead atoms. The number of nitrogens with zero attached hydrogens (tertiary/aromatic N) is 1. The van der Waals surface area contributed by atoms with Crippen LogP contribution in [0.3, 0.4) is 0 Å². The SMILES string of the molecule is CCCCOC[C@H](O)Cn1c2ccccc2c2ccccc21. The molecule has 116 valence electrons. The van der Waals surface area contributed by atoms with Crippen LogP contribution < -0.4 is 0 Å². The van der Waals surface area contributed by atoms with Gasteiger partial charge in [0.05, 0.1) is 19.3 Å². The average molecular weight is 297 g/mol. The molecule has 3 aromatic rings. The molecular formula is C19H23NO2. The number of unbranched alkanes of at least 4 members (excludes halogenated alkanes) is 1. The predicted octanol–water partition coefficient (Wildman–Crippen LogP) is 3.97. The van der Waals surface area contributed by atoms with Crippen LogP contribution in [0, 0.1) is 0 Å². The van der Waals surface area contributed by atoms with Crippen LogP contribution in [0.2, 0.25) is 0 Å². The Morgan fingerprint density at radius 3 is 2.18 bits per heavy atom. The van der Waals surface area contributed by atoms with Gasteiger partial charge in [-0.1, -0.05) is 49.7 Å². The number of aliphatic hydroxyl groups is 1. The largest absolute Gasteiger partial charge is 0.389 e. The zero-order chi connectivity index (χ0) is 15.4. The van der Waals surface area contributed by atoms with E-state index in [4.69, 9.17) is 4.74 Å². The summed E-state index contributed by atoms with van der Waals surface area (Å²) < 4.78 is 7.74. The van der Waals surface area contributed by atoms with Crippen LogP contribution in [0.4, 0.5) is 0 Å². The van der Waals surface area contributed by atoms with E-state index < -0.39 is 6.10 Å². The lowest BCUT2D eigenvalue weighted by Crippen LogP contribution is -2.22. The third-order valence-corrected chi connectivity index (χ3v) is 4.03. The second-order valence-corrected chi connectivity index (χ2v) is 5.73. The first kappa shape index (κ1) is 15.1. The van der Waals surface area contributed by atoms with Crippen molar-refractivity contribution in [2.24, 2.45) is 0 Å². The van der Waals surface area contributed by atoms with E-state index in [-0.39, 0.29) is 0 Å². The van der Waals surface area contributed by atoms with Gasteiger partial charge in [0.2, 0.25) is 0 Å². The van der Waals surface area contributed by atoms with E-state index in [1.54, 1.807) is 0 Å². The number of aromatic nitrogens is 1. The maximum absolute atomic E-state index is 10.3. The summed E-state index contributed by atoms with van der Waals surface area (Å²) in [6.45, 7) is 3.81. The number of hydrogen-bond acceptors (Lipinski definition) is 2. The Hall–Kier alpha value is -1.84. The molecule has 0 amide bonds. The molecule has 0 aliphatic heterocycles. The highest BCUT2D eigenvalue weighted by Crippen LogP contribution is 2.28. The molecule has 1 aromatic heterocycles. The molecule has 0 unspecified atom stereocenters. The smallest absolute Gasteiger partial charge is 0.0952 e. The summed E-state index contributed by atoms with van der Waals surface area (Å²) in [5, 5.41) is 12.8. The van der Waals surface area contributed by atoms with Crippen molar-refractivity contribution >= 4 is 21.8 Å². The van der Waals surface area contributed by atoms with Gasteiger partial charge in [0, 0.05) is 28.4 Å². The van der Waals surface area contributed by atoms with Crippen LogP contribution in [-0.4, -0.2) is 29.0 Å². The summed E-state index contributed by atoms with van der Waals surface area (Å²) in [7, 11) is 0. The molecule has 0 saturated heterocycles. The highest BCUT2D eigenvalue weighted by molar-refractivity contribution is 6.07. The molecule has 2 aromatic carbocycles. The van der Waals surface area contributed by atoms with Gasteiger partial charge in [-0.2, -0.15) is 0 Å². The summed E-state index contributed by atoms with van der Waals surface area (Å²) >= 11 is 0. The third-order valence-electron chi connectivity index (χ3n) is 4.03. The maximum Gasteiger partial charge on any atom is 0.0952 e. The van der Waals surface area contributed by atoms with E-state index in [0.29, 0.717) is 13.2 Å². The molecule has 0 aliphatic rings. The number of aliphatic hydroxyl groups excluding tert-OH is 1. The van der Waals surface area contributed by atoms with Crippen molar-refractivity contribution in [2.75, 3.05) is 13.2 Å². The van der Waals surface area contributed by atoms with Crippen LogP contribution in [0.1, 0.15) is 19.8 Å². The minimum atomic E-state index is -0.490. The molecule has 3 nitrogen and oxygen atoms in total. The Labute approximate surface area is 131 Å². The van der Waals surface area contributed by atoms with Gasteiger partial charge in [0.25, 0.3) is 0 Å². The van der Waals surface area contributed by atoms with Crippen molar-refractivity contribution in [1.82, 2.24) is 4.57 Å². The molecule has 1 heterocycles. The van der Waals surface area contributed by atoms with Gasteiger partial charge >= 0.3 is 0 Å². The lowest BCUT2D eigenvalue weighted by Gasteiger charge is -2.14. The summed E-state index contributed by atoms with van der Waals surface area (Å²) in [6, 6.07) is 16.7. The Morgan fingerprint density at radius 1 is 1.00 bits per heavy atom. The average Bonchev–Trinajstić information content (AvgIpc) is 2.87. The Kier molecular flexibility index (Phi) is 4.76. The number of benzene rings is 2. The molecule has 0 aliphatic carbocycles. The van der Waals surface area contributed by atoms with Crippen molar-refractivity contribution in [2.45, 2.75) is 32.4 Å². The van der Waals surface area contributed by atoms with Crippen LogP contribution in [-0.2, 0) is 11.3 Å². The van der Waals surface area contributed by atoms with E-state index in [2.05, 4.69) is 47.9 Å². The van der Waals surface area contributed by atoms with E-state index >= 15 is 0 Å². The van der Waals surface area contributed by atoms with Gasteiger partial charge in [-0.25, -0.2) is 0 Å². The number of ether oxygens (including phenoxy) is 1. The first-order valence-electron chi connectivity index (χ1n) is 8.03. The van der Waals surface area contributed by atoms with Crippen LogP contribution in [0.15, 0.2) is 48.5 Å². The van der Waals surface area contributed by atoms with Crippen molar-refractivity contribution in [1.29, 1.82) is 0 Å². The van der Waals surface area contributed by atoms with Crippen molar-refractivity contribution in [3.63, 3.8) is 0 Å². The minimum absolute atomic E-state index is 0.390. The number of para-hydroxylation sites is 2. The van der Waals surface area contributed by atoms with Crippen molar-refractivity contribution in [3.8, 4) is 0 Å². The second kappa shape index (κ2) is 6.95. The molecule has 1 atom stereocenters. The lowest BCUT2D eigenvalue weighted by atomic mass is 10.2. The van der Waals surface area contributed by atoms with Gasteiger partial charge in [-0.15, -0.1) is 0 Å². The van der Waals surface area contributed by atoms with E-state index in [9.17, 15) is 5.11 Å². The maximum atomic E-state index is 10.3. The molecule has 1 N–H and O–H groups in total. The fourth-order valence-corrected chi connectivity index (χ4v) is 2.93. The van der Waals surface area contributed by atoms with E-state index in [0.717, 1.165) is 30.5 Å². The topological polar surface area (TPSA) is 34.4 Å². The van der Waals surface area contributed by atoms with Gasteiger partial charge in [0.1, 0.15) is 0 Å². The summed E-state index contributed by atoms with van der Waals surface area (Å²) in [5.41, 5.74) is 2.33. The fraction of sp³-hybridized carbons (Fsp3) is 0.368. The molecule has 0 spiro atoms. The monoisotopic (exact) mass is 297 g/mol.